The van der Waals surface area contributed by atoms with Gasteiger partial charge in [-0.25, -0.2) is 0 Å². The molecule has 6 heteroatoms. The van der Waals surface area contributed by atoms with Crippen LogP contribution in [0.4, 0.5) is 0 Å². The van der Waals surface area contributed by atoms with Gasteiger partial charge in [0.25, 0.3) is 0 Å². The maximum atomic E-state index is 12.6. The second kappa shape index (κ2) is 6.13. The number of benzene rings is 1. The molecule has 1 fully saturated rings. The Hall–Kier alpha value is -0.810. The smallest absolute Gasteiger partial charge is 0.242 e. The number of fused-ring (bicyclic) bond motifs is 1. The van der Waals surface area contributed by atoms with Gasteiger partial charge in [0.15, 0.2) is 0 Å². The molecule has 0 bridgehead atoms. The van der Waals surface area contributed by atoms with E-state index in [1.54, 1.807) is 6.07 Å². The number of ether oxygens (including phenoxy) is 1. The number of carbonyl (C=O) groups excluding carboxylic acids is 1. The number of halogens is 2. The maximum Gasteiger partial charge on any atom is 0.242 e. The summed E-state index contributed by atoms with van der Waals surface area (Å²) in [6.07, 6.45) is 0.643. The van der Waals surface area contributed by atoms with Crippen molar-refractivity contribution in [3.63, 3.8) is 0 Å². The van der Waals surface area contributed by atoms with Crippen molar-refractivity contribution in [3.8, 4) is 0 Å². The number of carbonyl (C=O) groups is 1. The molecule has 0 saturated carbocycles. The van der Waals surface area contributed by atoms with Crippen molar-refractivity contribution in [3.05, 3.63) is 33.3 Å². The molecule has 0 unspecified atom stereocenters. The summed E-state index contributed by atoms with van der Waals surface area (Å²) < 4.78 is 5.56. The monoisotopic (exact) mass is 328 g/mol. The van der Waals surface area contributed by atoms with Crippen LogP contribution in [0, 0.1) is 0 Å². The fourth-order valence-corrected chi connectivity index (χ4v) is 3.43. The van der Waals surface area contributed by atoms with E-state index in [2.05, 4.69) is 5.32 Å². The average molecular weight is 329 g/mol. The minimum Gasteiger partial charge on any atom is -0.375 e. The highest BCUT2D eigenvalue weighted by Crippen LogP contribution is 2.32. The SMILES string of the molecule is C[C@H]1OCCN[C@@H]1C(=O)N1CCc2c(ccc(Cl)c2Cl)C1. The number of morpholine rings is 1. The second-order valence-corrected chi connectivity index (χ2v) is 6.30. The number of amides is 1. The van der Waals surface area contributed by atoms with Gasteiger partial charge in [0.2, 0.25) is 5.91 Å². The Kier molecular flexibility index (Phi) is 4.41. The van der Waals surface area contributed by atoms with Crippen molar-refractivity contribution in [2.75, 3.05) is 19.7 Å². The standard InChI is InChI=1S/C15H18Cl2N2O2/c1-9-14(18-5-7-21-9)15(20)19-6-4-11-10(8-19)2-3-12(16)13(11)17/h2-3,9,14,18H,4-8H2,1H3/t9-,14+/m1/s1. The molecule has 1 aromatic rings. The van der Waals surface area contributed by atoms with Crippen LogP contribution in [0.3, 0.4) is 0 Å². The van der Waals surface area contributed by atoms with E-state index < -0.39 is 0 Å². The number of nitrogens with one attached hydrogen (secondary N) is 1. The summed E-state index contributed by atoms with van der Waals surface area (Å²) >= 11 is 12.3. The van der Waals surface area contributed by atoms with Crippen LogP contribution in [-0.2, 0) is 22.5 Å². The van der Waals surface area contributed by atoms with Crippen LogP contribution in [0.1, 0.15) is 18.1 Å². The number of hydrogen-bond donors (Lipinski definition) is 1. The van der Waals surface area contributed by atoms with E-state index in [1.165, 1.54) is 0 Å². The fraction of sp³-hybridized carbons (Fsp3) is 0.533. The third-order valence-corrected chi connectivity index (χ3v) is 5.02. The molecule has 21 heavy (non-hydrogen) atoms. The van der Waals surface area contributed by atoms with E-state index in [0.717, 1.165) is 17.5 Å². The number of nitrogens with zero attached hydrogens (tertiary/aromatic N) is 1. The highest BCUT2D eigenvalue weighted by molar-refractivity contribution is 6.42. The van der Waals surface area contributed by atoms with Crippen LogP contribution < -0.4 is 5.32 Å². The van der Waals surface area contributed by atoms with E-state index in [-0.39, 0.29) is 18.1 Å². The number of hydrogen-bond acceptors (Lipinski definition) is 3. The Bertz CT molecular complexity index is 565. The molecule has 1 amide bonds. The van der Waals surface area contributed by atoms with Crippen LogP contribution in [0.2, 0.25) is 10.0 Å². The molecule has 0 spiro atoms. The van der Waals surface area contributed by atoms with Gasteiger partial charge in [-0.1, -0.05) is 29.3 Å². The van der Waals surface area contributed by atoms with E-state index in [9.17, 15) is 4.79 Å². The summed E-state index contributed by atoms with van der Waals surface area (Å²) in [6, 6.07) is 3.49. The molecule has 0 aromatic heterocycles. The largest absolute Gasteiger partial charge is 0.375 e. The first-order valence-electron chi connectivity index (χ1n) is 7.17. The fourth-order valence-electron chi connectivity index (χ4n) is 2.98. The van der Waals surface area contributed by atoms with Gasteiger partial charge in [-0.2, -0.15) is 0 Å². The first kappa shape index (κ1) is 15.1. The van der Waals surface area contributed by atoms with Crippen molar-refractivity contribution in [2.45, 2.75) is 32.0 Å². The van der Waals surface area contributed by atoms with Crippen LogP contribution in [0.25, 0.3) is 0 Å². The Morgan fingerprint density at radius 2 is 2.24 bits per heavy atom. The lowest BCUT2D eigenvalue weighted by Crippen LogP contribution is -2.57. The van der Waals surface area contributed by atoms with Crippen LogP contribution in [-0.4, -0.2) is 42.6 Å². The minimum atomic E-state index is -0.261. The Morgan fingerprint density at radius 1 is 1.43 bits per heavy atom. The molecular weight excluding hydrogens is 311 g/mol. The summed E-state index contributed by atoms with van der Waals surface area (Å²) in [5, 5.41) is 4.44. The zero-order valence-electron chi connectivity index (χ0n) is 11.9. The molecule has 114 valence electrons. The van der Waals surface area contributed by atoms with Gasteiger partial charge in [-0.15, -0.1) is 0 Å². The Morgan fingerprint density at radius 3 is 3.00 bits per heavy atom. The van der Waals surface area contributed by atoms with Crippen molar-refractivity contribution < 1.29 is 9.53 Å². The van der Waals surface area contributed by atoms with Gasteiger partial charge in [-0.3, -0.25) is 4.79 Å². The van der Waals surface area contributed by atoms with Crippen LogP contribution >= 0.6 is 23.2 Å². The van der Waals surface area contributed by atoms with Gasteiger partial charge >= 0.3 is 0 Å². The molecule has 3 rings (SSSR count). The lowest BCUT2D eigenvalue weighted by Gasteiger charge is -2.36. The normalized spacial score (nSPS) is 25.6. The molecule has 0 radical (unpaired) electrons. The summed E-state index contributed by atoms with van der Waals surface area (Å²) in [4.78, 5) is 14.5. The van der Waals surface area contributed by atoms with E-state index in [1.807, 2.05) is 17.9 Å². The maximum absolute atomic E-state index is 12.6. The molecular formula is C15H18Cl2N2O2. The quantitative estimate of drug-likeness (QED) is 0.859. The summed E-state index contributed by atoms with van der Waals surface area (Å²) in [6.45, 7) is 4.55. The molecule has 1 saturated heterocycles. The topological polar surface area (TPSA) is 41.6 Å². The van der Waals surface area contributed by atoms with Crippen LogP contribution in [0.5, 0.6) is 0 Å². The molecule has 2 aliphatic heterocycles. The first-order chi connectivity index (χ1) is 10.1. The average Bonchev–Trinajstić information content (AvgIpc) is 2.50. The van der Waals surface area contributed by atoms with Crippen LogP contribution in [0.15, 0.2) is 12.1 Å². The van der Waals surface area contributed by atoms with Gasteiger partial charge in [-0.05, 0) is 30.5 Å². The molecule has 4 nitrogen and oxygen atoms in total. The predicted octanol–water partition coefficient (Wildman–Crippen LogP) is 2.25. The van der Waals surface area contributed by atoms with Gasteiger partial charge in [0.1, 0.15) is 6.04 Å². The molecule has 1 N–H and O–H groups in total. The Labute approximate surface area is 134 Å². The lowest BCUT2D eigenvalue weighted by atomic mass is 9.98. The third kappa shape index (κ3) is 2.90. The second-order valence-electron chi connectivity index (χ2n) is 5.52. The molecule has 0 aliphatic carbocycles. The highest BCUT2D eigenvalue weighted by atomic mass is 35.5. The van der Waals surface area contributed by atoms with E-state index >= 15 is 0 Å². The van der Waals surface area contributed by atoms with E-state index in [0.29, 0.717) is 36.3 Å². The summed E-state index contributed by atoms with van der Waals surface area (Å²) in [7, 11) is 0. The zero-order chi connectivity index (χ0) is 15.0. The minimum absolute atomic E-state index is 0.0959. The molecule has 2 heterocycles. The van der Waals surface area contributed by atoms with Gasteiger partial charge < -0.3 is 15.0 Å². The van der Waals surface area contributed by atoms with Gasteiger partial charge in [0, 0.05) is 19.6 Å². The first-order valence-corrected chi connectivity index (χ1v) is 7.93. The molecule has 1 aromatic carbocycles. The molecule has 2 aliphatic rings. The van der Waals surface area contributed by atoms with Crippen molar-refractivity contribution in [2.24, 2.45) is 0 Å². The third-order valence-electron chi connectivity index (χ3n) is 4.18. The molecule has 2 atom stereocenters. The van der Waals surface area contributed by atoms with Crippen molar-refractivity contribution in [1.82, 2.24) is 10.2 Å². The summed E-state index contributed by atoms with van der Waals surface area (Å²) in [5.41, 5.74) is 2.14. The van der Waals surface area contributed by atoms with Gasteiger partial charge in [0.05, 0.1) is 22.8 Å². The summed E-state index contributed by atoms with van der Waals surface area (Å²) in [5.74, 6) is 0.0962. The van der Waals surface area contributed by atoms with Crippen molar-refractivity contribution >= 4 is 29.1 Å². The predicted molar refractivity (Wildman–Crippen MR) is 82.8 cm³/mol. The highest BCUT2D eigenvalue weighted by Gasteiger charge is 2.33. The Balaban J connectivity index is 1.77. The zero-order valence-corrected chi connectivity index (χ0v) is 13.4. The van der Waals surface area contributed by atoms with E-state index in [4.69, 9.17) is 27.9 Å². The van der Waals surface area contributed by atoms with Crippen molar-refractivity contribution in [1.29, 1.82) is 0 Å². The number of rotatable bonds is 1. The lowest BCUT2D eigenvalue weighted by molar-refractivity contribution is -0.140.